The van der Waals surface area contributed by atoms with Crippen molar-refractivity contribution in [3.8, 4) is 0 Å². The Labute approximate surface area is 191 Å². The van der Waals surface area contributed by atoms with Crippen LogP contribution < -0.4 is 10.6 Å². The summed E-state index contributed by atoms with van der Waals surface area (Å²) in [6, 6.07) is 10.8. The molecule has 0 aliphatic carbocycles. The number of halogens is 2. The second-order valence-electron chi connectivity index (χ2n) is 6.64. The van der Waals surface area contributed by atoms with E-state index in [1.807, 2.05) is 7.05 Å². The van der Waals surface area contributed by atoms with E-state index in [0.717, 1.165) is 36.5 Å². The van der Waals surface area contributed by atoms with Crippen LogP contribution in [0.1, 0.15) is 34.9 Å². The van der Waals surface area contributed by atoms with Crippen molar-refractivity contribution in [2.45, 2.75) is 32.4 Å². The molecular formula is C20H27BrIN3OS. The van der Waals surface area contributed by atoms with Crippen molar-refractivity contribution in [2.24, 2.45) is 10.9 Å². The second-order valence-corrected chi connectivity index (χ2v) is 8.55. The fourth-order valence-corrected chi connectivity index (χ4v) is 4.63. The first kappa shape index (κ1) is 22.6. The van der Waals surface area contributed by atoms with Crippen LogP contribution in [0, 0.1) is 12.8 Å². The maximum Gasteiger partial charge on any atom is 0.191 e. The highest BCUT2D eigenvalue weighted by atomic mass is 127. The van der Waals surface area contributed by atoms with E-state index >= 15 is 0 Å². The molecule has 0 saturated carbocycles. The number of thiophene rings is 1. The number of ether oxygens (including phenoxy) is 1. The van der Waals surface area contributed by atoms with Crippen molar-refractivity contribution >= 4 is 57.2 Å². The molecule has 27 heavy (non-hydrogen) atoms. The predicted molar refractivity (Wildman–Crippen MR) is 128 cm³/mol. The Morgan fingerprint density at radius 2 is 2.07 bits per heavy atom. The van der Waals surface area contributed by atoms with E-state index in [2.05, 4.69) is 74.2 Å². The average molecular weight is 564 g/mol. The number of guanidine groups is 1. The van der Waals surface area contributed by atoms with Crippen LogP contribution in [0.5, 0.6) is 0 Å². The molecule has 2 unspecified atom stereocenters. The molecule has 1 saturated heterocycles. The van der Waals surface area contributed by atoms with Crippen LogP contribution in [0.4, 0.5) is 0 Å². The van der Waals surface area contributed by atoms with E-state index < -0.39 is 0 Å². The fourth-order valence-electron chi connectivity index (χ4n) is 3.24. The van der Waals surface area contributed by atoms with Gasteiger partial charge in [-0.1, -0.05) is 29.8 Å². The maximum absolute atomic E-state index is 6.11. The topological polar surface area (TPSA) is 45.7 Å². The van der Waals surface area contributed by atoms with Gasteiger partial charge in [-0.25, -0.2) is 0 Å². The van der Waals surface area contributed by atoms with Crippen molar-refractivity contribution in [3.05, 3.63) is 56.2 Å². The Bertz CT molecular complexity index is 735. The summed E-state index contributed by atoms with van der Waals surface area (Å²) in [6.45, 7) is 4.59. The van der Waals surface area contributed by atoms with Gasteiger partial charge in [-0.15, -0.1) is 35.3 Å². The Morgan fingerprint density at radius 3 is 2.74 bits per heavy atom. The van der Waals surface area contributed by atoms with E-state index in [-0.39, 0.29) is 30.1 Å². The molecule has 0 radical (unpaired) electrons. The number of nitrogens with one attached hydrogen (secondary N) is 2. The SMILES string of the molecule is CN=C(NCc1cc(Br)cs1)NCC1CCCOC1c1ccc(C)cc1.I. The summed E-state index contributed by atoms with van der Waals surface area (Å²) in [4.78, 5) is 5.63. The van der Waals surface area contributed by atoms with Crippen LogP contribution >= 0.6 is 51.2 Å². The summed E-state index contributed by atoms with van der Waals surface area (Å²) in [5, 5.41) is 8.96. The number of hydrogen-bond acceptors (Lipinski definition) is 3. The Hall–Kier alpha value is -0.640. The van der Waals surface area contributed by atoms with Gasteiger partial charge in [0.05, 0.1) is 12.6 Å². The first-order chi connectivity index (χ1) is 12.7. The molecular weight excluding hydrogens is 537 g/mol. The van der Waals surface area contributed by atoms with Crippen molar-refractivity contribution < 1.29 is 4.74 Å². The predicted octanol–water partition coefficient (Wildman–Crippen LogP) is 5.27. The number of benzene rings is 1. The number of aryl methyl sites for hydroxylation is 1. The molecule has 2 atom stereocenters. The first-order valence-electron chi connectivity index (χ1n) is 9.01. The van der Waals surface area contributed by atoms with Crippen LogP contribution in [-0.2, 0) is 11.3 Å². The first-order valence-corrected chi connectivity index (χ1v) is 10.7. The number of rotatable bonds is 5. The van der Waals surface area contributed by atoms with Crippen LogP contribution in [0.15, 0.2) is 45.2 Å². The lowest BCUT2D eigenvalue weighted by Crippen LogP contribution is -2.41. The van der Waals surface area contributed by atoms with Crippen molar-refractivity contribution in [2.75, 3.05) is 20.2 Å². The van der Waals surface area contributed by atoms with Crippen molar-refractivity contribution in [1.29, 1.82) is 0 Å². The Morgan fingerprint density at radius 1 is 1.30 bits per heavy atom. The van der Waals surface area contributed by atoms with E-state index in [0.29, 0.717) is 5.92 Å². The molecule has 148 valence electrons. The molecule has 3 rings (SSSR count). The van der Waals surface area contributed by atoms with Gasteiger partial charge in [0.1, 0.15) is 0 Å². The number of aliphatic imine (C=N–C) groups is 1. The fraction of sp³-hybridized carbons (Fsp3) is 0.450. The van der Waals surface area contributed by atoms with E-state index in [4.69, 9.17) is 4.74 Å². The molecule has 1 fully saturated rings. The van der Waals surface area contributed by atoms with Gasteiger partial charge in [-0.05, 0) is 47.3 Å². The highest BCUT2D eigenvalue weighted by Crippen LogP contribution is 2.33. The number of nitrogens with zero attached hydrogens (tertiary/aromatic N) is 1. The third-order valence-corrected chi connectivity index (χ3v) is 6.36. The maximum atomic E-state index is 6.11. The third kappa shape index (κ3) is 6.73. The lowest BCUT2D eigenvalue weighted by Gasteiger charge is -2.32. The summed E-state index contributed by atoms with van der Waals surface area (Å²) in [7, 11) is 1.81. The normalized spacial score (nSPS) is 20.0. The van der Waals surface area contributed by atoms with Crippen molar-refractivity contribution in [3.63, 3.8) is 0 Å². The van der Waals surface area contributed by atoms with Gasteiger partial charge in [-0.3, -0.25) is 4.99 Å². The quantitative estimate of drug-likeness (QED) is 0.296. The Balaban J connectivity index is 0.00000261. The molecule has 1 aromatic carbocycles. The number of hydrogen-bond donors (Lipinski definition) is 2. The summed E-state index contributed by atoms with van der Waals surface area (Å²) >= 11 is 5.23. The monoisotopic (exact) mass is 563 g/mol. The molecule has 1 aromatic heterocycles. The molecule has 0 amide bonds. The van der Waals surface area contributed by atoms with E-state index in [1.165, 1.54) is 22.4 Å². The van der Waals surface area contributed by atoms with Gasteiger partial charge in [0.2, 0.25) is 0 Å². The lowest BCUT2D eigenvalue weighted by atomic mass is 9.89. The molecule has 2 heterocycles. The highest BCUT2D eigenvalue weighted by Gasteiger charge is 2.27. The summed E-state index contributed by atoms with van der Waals surface area (Å²) in [5.41, 5.74) is 2.55. The molecule has 7 heteroatoms. The minimum absolute atomic E-state index is 0. The van der Waals surface area contributed by atoms with Gasteiger partial charge in [0.25, 0.3) is 0 Å². The standard InChI is InChI=1S/C20H26BrN3OS.HI/c1-14-5-7-15(8-6-14)19-16(4-3-9-25-19)11-23-20(22-2)24-12-18-10-17(21)13-26-18;/h5-8,10,13,16,19H,3-4,9,11-12H2,1-2H3,(H2,22,23,24);1H. The largest absolute Gasteiger partial charge is 0.373 e. The minimum Gasteiger partial charge on any atom is -0.373 e. The van der Waals surface area contributed by atoms with Crippen LogP contribution in [0.2, 0.25) is 0 Å². The van der Waals surface area contributed by atoms with Crippen LogP contribution in [0.3, 0.4) is 0 Å². The zero-order chi connectivity index (χ0) is 18.4. The van der Waals surface area contributed by atoms with Crippen LogP contribution in [0.25, 0.3) is 0 Å². The molecule has 4 nitrogen and oxygen atoms in total. The zero-order valence-corrected chi connectivity index (χ0v) is 20.4. The zero-order valence-electron chi connectivity index (χ0n) is 15.7. The van der Waals surface area contributed by atoms with Crippen LogP contribution in [-0.4, -0.2) is 26.2 Å². The summed E-state index contributed by atoms with van der Waals surface area (Å²) in [5.74, 6) is 1.28. The minimum atomic E-state index is 0. The van der Waals surface area contributed by atoms with E-state index in [9.17, 15) is 0 Å². The molecule has 1 aliphatic heterocycles. The smallest absolute Gasteiger partial charge is 0.191 e. The van der Waals surface area contributed by atoms with E-state index in [1.54, 1.807) is 11.3 Å². The van der Waals surface area contributed by atoms with Gasteiger partial charge in [0, 0.05) is 40.8 Å². The van der Waals surface area contributed by atoms with Gasteiger partial charge in [-0.2, -0.15) is 0 Å². The summed E-state index contributed by atoms with van der Waals surface area (Å²) in [6.07, 6.45) is 2.44. The molecule has 2 aromatic rings. The van der Waals surface area contributed by atoms with Crippen molar-refractivity contribution in [1.82, 2.24) is 10.6 Å². The Kier molecular flexibility index (Phi) is 9.55. The highest BCUT2D eigenvalue weighted by molar-refractivity contribution is 14.0. The lowest BCUT2D eigenvalue weighted by molar-refractivity contribution is -0.0265. The average Bonchev–Trinajstić information content (AvgIpc) is 3.08. The molecule has 1 aliphatic rings. The second kappa shape index (κ2) is 11.4. The van der Waals surface area contributed by atoms with Gasteiger partial charge < -0.3 is 15.4 Å². The summed E-state index contributed by atoms with van der Waals surface area (Å²) < 4.78 is 7.24. The van der Waals surface area contributed by atoms with Gasteiger partial charge >= 0.3 is 0 Å². The third-order valence-electron chi connectivity index (χ3n) is 4.66. The van der Waals surface area contributed by atoms with Gasteiger partial charge in [0.15, 0.2) is 5.96 Å². The molecule has 0 spiro atoms. The molecule has 0 bridgehead atoms. The molecule has 2 N–H and O–H groups in total.